The van der Waals surface area contributed by atoms with Crippen LogP contribution in [-0.4, -0.2) is 21.3 Å². The number of amides is 1. The molecule has 0 radical (unpaired) electrons. The first-order valence-corrected chi connectivity index (χ1v) is 6.56. The molecule has 1 aliphatic rings. The van der Waals surface area contributed by atoms with Crippen molar-refractivity contribution in [3.63, 3.8) is 0 Å². The molecule has 2 aromatic heterocycles. The second-order valence-electron chi connectivity index (χ2n) is 4.89. The van der Waals surface area contributed by atoms with E-state index in [0.717, 1.165) is 5.69 Å². The van der Waals surface area contributed by atoms with Crippen molar-refractivity contribution in [2.45, 2.75) is 38.0 Å². The highest BCUT2D eigenvalue weighted by molar-refractivity contribution is 5.91. The monoisotopic (exact) mass is 260 g/mol. The summed E-state index contributed by atoms with van der Waals surface area (Å²) in [7, 11) is 0. The Hall–Kier alpha value is -2.11. The van der Waals surface area contributed by atoms with E-state index in [1.54, 1.807) is 6.07 Å². The number of carbonyl (C=O) groups is 1. The topological polar surface area (TPSA) is 83.8 Å². The average molecular weight is 260 g/mol. The molecular weight excluding hydrogens is 244 g/mol. The molecule has 0 bridgehead atoms. The highest BCUT2D eigenvalue weighted by Gasteiger charge is 2.19. The lowest BCUT2D eigenvalue weighted by Gasteiger charge is -2.03. The molecule has 0 spiro atoms. The third-order valence-corrected chi connectivity index (χ3v) is 3.49. The first-order valence-electron chi connectivity index (χ1n) is 6.56. The number of hydrogen-bond donors (Lipinski definition) is 2. The Balaban J connectivity index is 1.59. The van der Waals surface area contributed by atoms with Gasteiger partial charge < -0.3 is 9.84 Å². The van der Waals surface area contributed by atoms with Gasteiger partial charge in [-0.05, 0) is 12.8 Å². The Morgan fingerprint density at radius 1 is 1.47 bits per heavy atom. The number of hydrogen-bond acceptors (Lipinski definition) is 4. The predicted molar refractivity (Wildman–Crippen MR) is 68.6 cm³/mol. The summed E-state index contributed by atoms with van der Waals surface area (Å²) in [4.78, 5) is 11.8. The molecule has 3 rings (SSSR count). The number of rotatable bonds is 4. The third-order valence-electron chi connectivity index (χ3n) is 3.49. The number of aromatic amines is 1. The summed E-state index contributed by atoms with van der Waals surface area (Å²) in [6.07, 6.45) is 6.65. The minimum Gasteiger partial charge on any atom is -0.361 e. The van der Waals surface area contributed by atoms with Gasteiger partial charge in [0, 0.05) is 23.7 Å². The van der Waals surface area contributed by atoms with Gasteiger partial charge in [0.15, 0.2) is 5.82 Å². The van der Waals surface area contributed by atoms with Gasteiger partial charge in [-0.1, -0.05) is 18.0 Å². The van der Waals surface area contributed by atoms with Crippen LogP contribution in [0.15, 0.2) is 22.9 Å². The second-order valence-corrected chi connectivity index (χ2v) is 4.89. The van der Waals surface area contributed by atoms with Gasteiger partial charge in [-0.3, -0.25) is 9.89 Å². The maximum Gasteiger partial charge on any atom is 0.233 e. The Morgan fingerprint density at radius 2 is 2.32 bits per heavy atom. The minimum absolute atomic E-state index is 0.152. The van der Waals surface area contributed by atoms with Gasteiger partial charge in [0.25, 0.3) is 0 Å². The smallest absolute Gasteiger partial charge is 0.233 e. The maximum absolute atomic E-state index is 11.8. The largest absolute Gasteiger partial charge is 0.361 e. The quantitative estimate of drug-likeness (QED) is 0.883. The van der Waals surface area contributed by atoms with Gasteiger partial charge >= 0.3 is 0 Å². The molecule has 1 aliphatic carbocycles. The summed E-state index contributed by atoms with van der Waals surface area (Å²) in [6.45, 7) is 0. The van der Waals surface area contributed by atoms with Crippen LogP contribution in [0.4, 0.5) is 5.82 Å². The van der Waals surface area contributed by atoms with Crippen LogP contribution in [-0.2, 0) is 11.2 Å². The molecule has 1 fully saturated rings. The molecule has 100 valence electrons. The van der Waals surface area contributed by atoms with Crippen LogP contribution in [0.3, 0.4) is 0 Å². The van der Waals surface area contributed by atoms with E-state index in [-0.39, 0.29) is 12.3 Å². The summed E-state index contributed by atoms with van der Waals surface area (Å²) >= 11 is 0. The molecule has 0 aliphatic heterocycles. The van der Waals surface area contributed by atoms with Crippen LogP contribution in [0, 0.1) is 0 Å². The predicted octanol–water partition coefficient (Wildman–Crippen LogP) is 2.24. The molecule has 0 aromatic carbocycles. The standard InChI is InChI=1S/C13H16N4O2/c18-13(7-10-5-6-14-19-10)15-12-8-11(16-17-12)9-3-1-2-4-9/h5-6,8-9H,1-4,7H2,(H2,15,16,17,18). The SMILES string of the molecule is O=C(Cc1ccno1)Nc1cc(C2CCCC2)[nH]n1. The summed E-state index contributed by atoms with van der Waals surface area (Å²) in [5.74, 6) is 1.53. The van der Waals surface area contributed by atoms with E-state index in [0.29, 0.717) is 17.5 Å². The van der Waals surface area contributed by atoms with Gasteiger partial charge in [-0.2, -0.15) is 5.10 Å². The van der Waals surface area contributed by atoms with Crippen LogP contribution in [0.5, 0.6) is 0 Å². The number of H-pyrrole nitrogens is 1. The lowest BCUT2D eigenvalue weighted by molar-refractivity contribution is -0.115. The number of carbonyl (C=O) groups excluding carboxylic acids is 1. The molecule has 2 heterocycles. The van der Waals surface area contributed by atoms with Crippen molar-refractivity contribution < 1.29 is 9.32 Å². The van der Waals surface area contributed by atoms with E-state index in [2.05, 4.69) is 20.7 Å². The average Bonchev–Trinajstić information content (AvgIpc) is 3.09. The van der Waals surface area contributed by atoms with Crippen molar-refractivity contribution in [2.24, 2.45) is 0 Å². The highest BCUT2D eigenvalue weighted by atomic mass is 16.5. The van der Waals surface area contributed by atoms with Crippen LogP contribution < -0.4 is 5.32 Å². The van der Waals surface area contributed by atoms with Crippen LogP contribution in [0.2, 0.25) is 0 Å². The highest BCUT2D eigenvalue weighted by Crippen LogP contribution is 2.33. The molecule has 2 N–H and O–H groups in total. The van der Waals surface area contributed by atoms with Crippen LogP contribution in [0.1, 0.15) is 43.1 Å². The number of anilines is 1. The molecule has 0 atom stereocenters. The molecule has 19 heavy (non-hydrogen) atoms. The number of nitrogens with zero attached hydrogens (tertiary/aromatic N) is 2. The maximum atomic E-state index is 11.8. The number of nitrogens with one attached hydrogen (secondary N) is 2. The molecule has 0 saturated heterocycles. The van der Waals surface area contributed by atoms with Gasteiger partial charge in [-0.15, -0.1) is 0 Å². The van der Waals surface area contributed by atoms with Gasteiger partial charge in [0.1, 0.15) is 5.76 Å². The molecule has 6 heteroatoms. The van der Waals surface area contributed by atoms with Crippen molar-refractivity contribution in [1.29, 1.82) is 0 Å². The van der Waals surface area contributed by atoms with Crippen molar-refractivity contribution in [3.05, 3.63) is 29.8 Å². The summed E-state index contributed by atoms with van der Waals surface area (Å²) in [5, 5.41) is 13.5. The van der Waals surface area contributed by atoms with Crippen LogP contribution >= 0.6 is 0 Å². The zero-order valence-corrected chi connectivity index (χ0v) is 10.6. The van der Waals surface area contributed by atoms with E-state index in [4.69, 9.17) is 4.52 Å². The fourth-order valence-corrected chi connectivity index (χ4v) is 2.53. The Morgan fingerprint density at radius 3 is 3.05 bits per heavy atom. The zero-order chi connectivity index (χ0) is 13.1. The summed E-state index contributed by atoms with van der Waals surface area (Å²) in [5.41, 5.74) is 1.12. The summed E-state index contributed by atoms with van der Waals surface area (Å²) in [6, 6.07) is 3.60. The van der Waals surface area contributed by atoms with Gasteiger partial charge in [0.05, 0.1) is 12.6 Å². The van der Waals surface area contributed by atoms with Crippen molar-refractivity contribution >= 4 is 11.7 Å². The van der Waals surface area contributed by atoms with Crippen molar-refractivity contribution in [1.82, 2.24) is 15.4 Å². The van der Waals surface area contributed by atoms with E-state index in [9.17, 15) is 4.79 Å². The first-order chi connectivity index (χ1) is 9.31. The number of aromatic nitrogens is 3. The second kappa shape index (κ2) is 5.26. The van der Waals surface area contributed by atoms with E-state index in [1.165, 1.54) is 31.9 Å². The zero-order valence-electron chi connectivity index (χ0n) is 10.6. The minimum atomic E-state index is -0.152. The van der Waals surface area contributed by atoms with Crippen molar-refractivity contribution in [2.75, 3.05) is 5.32 Å². The molecule has 1 amide bonds. The fourth-order valence-electron chi connectivity index (χ4n) is 2.53. The molecule has 0 unspecified atom stereocenters. The normalized spacial score (nSPS) is 15.8. The van der Waals surface area contributed by atoms with E-state index >= 15 is 0 Å². The molecule has 2 aromatic rings. The lowest BCUT2D eigenvalue weighted by Crippen LogP contribution is -2.14. The Bertz CT molecular complexity index is 541. The third kappa shape index (κ3) is 2.83. The van der Waals surface area contributed by atoms with Crippen molar-refractivity contribution in [3.8, 4) is 0 Å². The fraction of sp³-hybridized carbons (Fsp3) is 0.462. The molecule has 6 nitrogen and oxygen atoms in total. The Labute approximate surface area is 110 Å². The Kier molecular flexibility index (Phi) is 3.31. The van der Waals surface area contributed by atoms with Crippen LogP contribution in [0.25, 0.3) is 0 Å². The lowest BCUT2D eigenvalue weighted by atomic mass is 10.0. The van der Waals surface area contributed by atoms with E-state index in [1.807, 2.05) is 6.07 Å². The van der Waals surface area contributed by atoms with Gasteiger partial charge in [-0.25, -0.2) is 0 Å². The molecular formula is C13H16N4O2. The van der Waals surface area contributed by atoms with Gasteiger partial charge in [0.2, 0.25) is 5.91 Å². The van der Waals surface area contributed by atoms with E-state index < -0.39 is 0 Å². The summed E-state index contributed by atoms with van der Waals surface area (Å²) < 4.78 is 4.89. The molecule has 1 saturated carbocycles. The first kappa shape index (κ1) is 12.0.